The molecule has 0 saturated heterocycles. The normalized spacial score (nSPS) is 11.5. The molecule has 0 saturated carbocycles. The number of rotatable bonds is 6. The summed E-state index contributed by atoms with van der Waals surface area (Å²) in [5, 5.41) is 12.9. The van der Waals surface area contributed by atoms with Crippen molar-refractivity contribution in [3.8, 4) is 0 Å². The average molecular weight is 473 g/mol. The SMILES string of the molecule is COC(=O)c1cc(Nc2cccc3ccn(CC(=O)NCC(F)(F)F)c(=O)c23)cc2cn[nH]c12. The fraction of sp³-hybridized carbons (Fsp3) is 0.182. The molecule has 0 unspecified atom stereocenters. The number of methoxy groups -OCH3 is 1. The van der Waals surface area contributed by atoms with Gasteiger partial charge in [-0.15, -0.1) is 0 Å². The van der Waals surface area contributed by atoms with Gasteiger partial charge in [0, 0.05) is 17.3 Å². The van der Waals surface area contributed by atoms with Crippen LogP contribution in [0.4, 0.5) is 24.5 Å². The lowest BCUT2D eigenvalue weighted by molar-refractivity contribution is -0.138. The number of benzene rings is 2. The van der Waals surface area contributed by atoms with Gasteiger partial charge in [0.25, 0.3) is 5.56 Å². The van der Waals surface area contributed by atoms with Gasteiger partial charge < -0.3 is 19.9 Å². The van der Waals surface area contributed by atoms with Crippen molar-refractivity contribution in [3.63, 3.8) is 0 Å². The van der Waals surface area contributed by atoms with E-state index in [1.54, 1.807) is 35.6 Å². The van der Waals surface area contributed by atoms with E-state index in [0.717, 1.165) is 4.57 Å². The topological polar surface area (TPSA) is 118 Å². The lowest BCUT2D eigenvalue weighted by Crippen LogP contribution is -2.37. The first-order valence-electron chi connectivity index (χ1n) is 9.94. The standard InChI is InChI=1S/C22H18F3N5O4/c1-34-21(33)15-8-14(7-13-9-27-29-19(13)15)28-16-4-2-3-12-5-6-30(20(32)18(12)16)10-17(31)26-11-22(23,24)25/h2-9,28H,10-11H2,1H3,(H,26,31)(H,27,29). The second kappa shape index (κ2) is 8.89. The lowest BCUT2D eigenvalue weighted by Gasteiger charge is -2.13. The van der Waals surface area contributed by atoms with Crippen LogP contribution in [0.3, 0.4) is 0 Å². The van der Waals surface area contributed by atoms with E-state index in [2.05, 4.69) is 15.5 Å². The minimum atomic E-state index is -4.56. The zero-order chi connectivity index (χ0) is 24.5. The minimum absolute atomic E-state index is 0.223. The number of H-pyrrole nitrogens is 1. The Morgan fingerprint density at radius 2 is 1.97 bits per heavy atom. The highest BCUT2D eigenvalue weighted by atomic mass is 19.4. The molecule has 3 N–H and O–H groups in total. The van der Waals surface area contributed by atoms with Gasteiger partial charge >= 0.3 is 12.1 Å². The van der Waals surface area contributed by atoms with E-state index < -0.39 is 36.7 Å². The summed E-state index contributed by atoms with van der Waals surface area (Å²) in [6.07, 6.45) is -1.68. The first-order chi connectivity index (χ1) is 16.2. The number of amides is 1. The van der Waals surface area contributed by atoms with Crippen molar-refractivity contribution in [1.82, 2.24) is 20.1 Å². The Morgan fingerprint density at radius 3 is 2.71 bits per heavy atom. The summed E-state index contributed by atoms with van der Waals surface area (Å²) in [4.78, 5) is 37.2. The number of nitrogens with one attached hydrogen (secondary N) is 3. The van der Waals surface area contributed by atoms with Gasteiger partial charge in [0.05, 0.1) is 35.5 Å². The van der Waals surface area contributed by atoms with Crippen LogP contribution in [-0.4, -0.2) is 46.5 Å². The summed E-state index contributed by atoms with van der Waals surface area (Å²) in [6.45, 7) is -2.06. The van der Waals surface area contributed by atoms with Gasteiger partial charge in [0.1, 0.15) is 13.1 Å². The summed E-state index contributed by atoms with van der Waals surface area (Å²) in [6, 6.07) is 9.87. The van der Waals surface area contributed by atoms with Crippen molar-refractivity contribution in [1.29, 1.82) is 0 Å². The number of pyridine rings is 1. The largest absolute Gasteiger partial charge is 0.465 e. The summed E-state index contributed by atoms with van der Waals surface area (Å²) in [5.41, 5.74) is 1.01. The number of halogens is 3. The summed E-state index contributed by atoms with van der Waals surface area (Å²) in [5.74, 6) is -1.53. The first kappa shape index (κ1) is 22.8. The van der Waals surface area contributed by atoms with Crippen molar-refractivity contribution in [2.75, 3.05) is 19.0 Å². The highest BCUT2D eigenvalue weighted by molar-refractivity contribution is 6.05. The highest BCUT2D eigenvalue weighted by Crippen LogP contribution is 2.28. The third-order valence-corrected chi connectivity index (χ3v) is 5.04. The lowest BCUT2D eigenvalue weighted by atomic mass is 10.1. The van der Waals surface area contributed by atoms with Gasteiger partial charge in [-0.2, -0.15) is 18.3 Å². The maximum absolute atomic E-state index is 13.1. The van der Waals surface area contributed by atoms with Crippen LogP contribution in [0.2, 0.25) is 0 Å². The Labute approximate surface area is 189 Å². The van der Waals surface area contributed by atoms with Crippen molar-refractivity contribution >= 4 is 44.9 Å². The molecule has 0 aliphatic heterocycles. The van der Waals surface area contributed by atoms with Crippen LogP contribution in [0.1, 0.15) is 10.4 Å². The van der Waals surface area contributed by atoms with Crippen LogP contribution in [-0.2, 0) is 16.1 Å². The number of hydrogen-bond donors (Lipinski definition) is 3. The van der Waals surface area contributed by atoms with Crippen LogP contribution in [0.15, 0.2) is 53.6 Å². The van der Waals surface area contributed by atoms with Crippen molar-refractivity contribution in [3.05, 3.63) is 64.7 Å². The molecule has 0 radical (unpaired) electrons. The molecule has 0 spiro atoms. The van der Waals surface area contributed by atoms with Crippen LogP contribution in [0.25, 0.3) is 21.7 Å². The predicted molar refractivity (Wildman–Crippen MR) is 118 cm³/mol. The van der Waals surface area contributed by atoms with Gasteiger partial charge in [-0.3, -0.25) is 14.7 Å². The molecular formula is C22H18F3N5O4. The number of ether oxygens (including phenoxy) is 1. The number of hydrogen-bond acceptors (Lipinski definition) is 6. The molecule has 1 amide bonds. The third kappa shape index (κ3) is 4.70. The van der Waals surface area contributed by atoms with Crippen molar-refractivity contribution in [2.24, 2.45) is 0 Å². The quantitative estimate of drug-likeness (QED) is 0.371. The number of alkyl halides is 3. The van der Waals surface area contributed by atoms with Crippen LogP contribution >= 0.6 is 0 Å². The Bertz CT molecular complexity index is 1460. The van der Waals surface area contributed by atoms with E-state index in [9.17, 15) is 27.6 Å². The number of carbonyl (C=O) groups excluding carboxylic acids is 2. The molecule has 176 valence electrons. The van der Waals surface area contributed by atoms with Crippen LogP contribution in [0.5, 0.6) is 0 Å². The fourth-order valence-electron chi connectivity index (χ4n) is 3.52. The van der Waals surface area contributed by atoms with Gasteiger partial charge in [-0.25, -0.2) is 4.79 Å². The second-order valence-electron chi connectivity index (χ2n) is 7.39. The Morgan fingerprint density at radius 1 is 1.18 bits per heavy atom. The molecule has 0 atom stereocenters. The molecule has 0 aliphatic rings. The number of aromatic amines is 1. The molecule has 4 rings (SSSR count). The van der Waals surface area contributed by atoms with E-state index in [4.69, 9.17) is 4.74 Å². The first-order valence-corrected chi connectivity index (χ1v) is 9.94. The molecule has 9 nitrogen and oxygen atoms in total. The van der Waals surface area contributed by atoms with E-state index in [-0.39, 0.29) is 10.9 Å². The van der Waals surface area contributed by atoms with E-state index in [0.29, 0.717) is 27.7 Å². The van der Waals surface area contributed by atoms with Crippen molar-refractivity contribution in [2.45, 2.75) is 12.7 Å². The molecule has 2 aromatic carbocycles. The molecule has 34 heavy (non-hydrogen) atoms. The second-order valence-corrected chi connectivity index (χ2v) is 7.39. The monoisotopic (exact) mass is 473 g/mol. The minimum Gasteiger partial charge on any atom is -0.465 e. The maximum atomic E-state index is 13.1. The zero-order valence-corrected chi connectivity index (χ0v) is 17.7. The Kier molecular flexibility index (Phi) is 5.97. The highest BCUT2D eigenvalue weighted by Gasteiger charge is 2.27. The van der Waals surface area contributed by atoms with Crippen molar-refractivity contribution < 1.29 is 27.5 Å². The molecule has 12 heteroatoms. The molecule has 4 aromatic rings. The Hall–Kier alpha value is -4.35. The number of anilines is 2. The van der Waals surface area contributed by atoms with Gasteiger partial charge in [0.15, 0.2) is 0 Å². The zero-order valence-electron chi connectivity index (χ0n) is 17.7. The maximum Gasteiger partial charge on any atom is 0.405 e. The molecule has 0 fully saturated rings. The molecule has 0 bridgehead atoms. The Balaban J connectivity index is 1.70. The number of aromatic nitrogens is 3. The molecule has 2 heterocycles. The number of fused-ring (bicyclic) bond motifs is 2. The van der Waals surface area contributed by atoms with Gasteiger partial charge in [-0.1, -0.05) is 12.1 Å². The molecule has 0 aliphatic carbocycles. The summed E-state index contributed by atoms with van der Waals surface area (Å²) >= 11 is 0. The van der Waals surface area contributed by atoms with E-state index >= 15 is 0 Å². The molecular weight excluding hydrogens is 455 g/mol. The van der Waals surface area contributed by atoms with Gasteiger partial charge in [-0.05, 0) is 29.7 Å². The van der Waals surface area contributed by atoms with E-state index in [1.807, 2.05) is 0 Å². The van der Waals surface area contributed by atoms with Gasteiger partial charge in [0.2, 0.25) is 5.91 Å². The third-order valence-electron chi connectivity index (χ3n) is 5.04. The number of esters is 1. The van der Waals surface area contributed by atoms with Crippen LogP contribution < -0.4 is 16.2 Å². The van der Waals surface area contributed by atoms with Crippen LogP contribution in [0, 0.1) is 0 Å². The number of nitrogens with zero attached hydrogens (tertiary/aromatic N) is 2. The molecule has 2 aromatic heterocycles. The fourth-order valence-corrected chi connectivity index (χ4v) is 3.52. The van der Waals surface area contributed by atoms with E-state index in [1.165, 1.54) is 25.6 Å². The summed E-state index contributed by atoms with van der Waals surface area (Å²) in [7, 11) is 1.25. The number of carbonyl (C=O) groups is 2. The predicted octanol–water partition coefficient (Wildman–Crippen LogP) is 3.09. The average Bonchev–Trinajstić information content (AvgIpc) is 3.27. The smallest absolute Gasteiger partial charge is 0.405 e. The summed E-state index contributed by atoms with van der Waals surface area (Å²) < 4.78 is 42.9.